The second-order valence-corrected chi connectivity index (χ2v) is 4.84. The number of halogens is 2. The fourth-order valence-corrected chi connectivity index (χ4v) is 2.32. The number of hydrogen-bond acceptors (Lipinski definition) is 2. The van der Waals surface area contributed by atoms with E-state index in [0.717, 1.165) is 17.7 Å². The van der Waals surface area contributed by atoms with Crippen LogP contribution in [0.1, 0.15) is 11.1 Å². The van der Waals surface area contributed by atoms with Gasteiger partial charge < -0.3 is 10.1 Å². The van der Waals surface area contributed by atoms with Crippen LogP contribution in [0, 0.1) is 11.6 Å². The molecule has 1 aliphatic heterocycles. The molecular formula is C16H13F2NO2. The topological polar surface area (TPSA) is 38.3 Å². The van der Waals surface area contributed by atoms with Gasteiger partial charge in [0.05, 0.1) is 0 Å². The molecule has 21 heavy (non-hydrogen) atoms. The Labute approximate surface area is 120 Å². The maximum absolute atomic E-state index is 13.5. The molecule has 0 saturated heterocycles. The molecule has 0 radical (unpaired) electrons. The van der Waals surface area contributed by atoms with E-state index in [0.29, 0.717) is 12.2 Å². The summed E-state index contributed by atoms with van der Waals surface area (Å²) in [5.41, 5.74) is 0.802. The van der Waals surface area contributed by atoms with E-state index in [4.69, 9.17) is 4.74 Å². The van der Waals surface area contributed by atoms with Crippen molar-refractivity contribution in [3.63, 3.8) is 0 Å². The van der Waals surface area contributed by atoms with Crippen molar-refractivity contribution in [2.24, 2.45) is 0 Å². The van der Waals surface area contributed by atoms with Gasteiger partial charge in [-0.3, -0.25) is 4.79 Å². The Morgan fingerprint density at radius 3 is 2.57 bits per heavy atom. The first-order valence-corrected chi connectivity index (χ1v) is 6.60. The Morgan fingerprint density at radius 1 is 1.14 bits per heavy atom. The highest BCUT2D eigenvalue weighted by molar-refractivity contribution is 5.82. The lowest BCUT2D eigenvalue weighted by Crippen LogP contribution is -2.37. The van der Waals surface area contributed by atoms with Gasteiger partial charge in [-0.15, -0.1) is 0 Å². The average Bonchev–Trinajstić information content (AvgIpc) is 2.90. The molecule has 1 aliphatic rings. The zero-order chi connectivity index (χ0) is 14.8. The van der Waals surface area contributed by atoms with E-state index in [9.17, 15) is 13.6 Å². The Morgan fingerprint density at radius 2 is 1.86 bits per heavy atom. The number of benzene rings is 2. The summed E-state index contributed by atoms with van der Waals surface area (Å²) in [5, 5.41) is 2.51. The fourth-order valence-electron chi connectivity index (χ4n) is 2.32. The highest BCUT2D eigenvalue weighted by atomic mass is 19.1. The number of nitrogens with one attached hydrogen (secondary N) is 1. The first-order valence-electron chi connectivity index (χ1n) is 6.60. The molecule has 0 bridgehead atoms. The van der Waals surface area contributed by atoms with Gasteiger partial charge in [0.15, 0.2) is 6.10 Å². The largest absolute Gasteiger partial charge is 0.480 e. The maximum Gasteiger partial charge on any atom is 0.261 e. The second-order valence-electron chi connectivity index (χ2n) is 4.84. The summed E-state index contributed by atoms with van der Waals surface area (Å²) in [6.07, 6.45) is -0.195. The van der Waals surface area contributed by atoms with Crippen molar-refractivity contribution in [3.8, 4) is 5.75 Å². The van der Waals surface area contributed by atoms with Crippen molar-refractivity contribution in [1.82, 2.24) is 5.32 Å². The molecule has 3 rings (SSSR count). The number of fused-ring (bicyclic) bond motifs is 1. The standard InChI is InChI=1S/C16H13F2NO2/c17-12-5-3-6-13(18)11(12)9-19-16(20)15-8-10-4-1-2-7-14(10)21-15/h1-7,15H,8-9H2,(H,19,20). The van der Waals surface area contributed by atoms with Crippen LogP contribution < -0.4 is 10.1 Å². The van der Waals surface area contributed by atoms with Gasteiger partial charge in [-0.05, 0) is 23.8 Å². The van der Waals surface area contributed by atoms with Crippen LogP contribution in [-0.2, 0) is 17.8 Å². The summed E-state index contributed by atoms with van der Waals surface area (Å²) >= 11 is 0. The molecule has 0 fully saturated rings. The molecule has 0 saturated carbocycles. The molecule has 0 spiro atoms. The summed E-state index contributed by atoms with van der Waals surface area (Å²) in [6.45, 7) is -0.201. The molecule has 2 aromatic carbocycles. The number of para-hydroxylation sites is 1. The van der Waals surface area contributed by atoms with Crippen LogP contribution in [0.3, 0.4) is 0 Å². The van der Waals surface area contributed by atoms with Gasteiger partial charge in [0.25, 0.3) is 5.91 Å². The first kappa shape index (κ1) is 13.5. The number of ether oxygens (including phenoxy) is 1. The predicted molar refractivity (Wildman–Crippen MR) is 72.8 cm³/mol. The van der Waals surface area contributed by atoms with Gasteiger partial charge in [0.1, 0.15) is 17.4 Å². The summed E-state index contributed by atoms with van der Waals surface area (Å²) < 4.78 is 32.5. The normalized spacial score (nSPS) is 16.2. The van der Waals surface area contributed by atoms with Crippen molar-refractivity contribution in [2.45, 2.75) is 19.1 Å². The zero-order valence-corrected chi connectivity index (χ0v) is 11.1. The van der Waals surface area contributed by atoms with Gasteiger partial charge in [-0.25, -0.2) is 8.78 Å². The van der Waals surface area contributed by atoms with Gasteiger partial charge in [0.2, 0.25) is 0 Å². The van der Waals surface area contributed by atoms with E-state index in [1.54, 1.807) is 6.07 Å². The molecule has 5 heteroatoms. The third-order valence-corrected chi connectivity index (χ3v) is 3.44. The lowest BCUT2D eigenvalue weighted by molar-refractivity contribution is -0.127. The van der Waals surface area contributed by atoms with E-state index >= 15 is 0 Å². The molecular weight excluding hydrogens is 276 g/mol. The third-order valence-electron chi connectivity index (χ3n) is 3.44. The van der Waals surface area contributed by atoms with Crippen molar-refractivity contribution >= 4 is 5.91 Å². The van der Waals surface area contributed by atoms with Gasteiger partial charge >= 0.3 is 0 Å². The lowest BCUT2D eigenvalue weighted by atomic mass is 10.1. The van der Waals surface area contributed by atoms with Crippen LogP contribution in [0.4, 0.5) is 8.78 Å². The fraction of sp³-hybridized carbons (Fsp3) is 0.188. The quantitative estimate of drug-likeness (QED) is 0.943. The Hall–Kier alpha value is -2.43. The van der Waals surface area contributed by atoms with Crippen molar-refractivity contribution in [3.05, 3.63) is 65.2 Å². The van der Waals surface area contributed by atoms with Crippen LogP contribution in [0.15, 0.2) is 42.5 Å². The lowest BCUT2D eigenvalue weighted by Gasteiger charge is -2.12. The van der Waals surface area contributed by atoms with E-state index in [1.165, 1.54) is 6.07 Å². The Balaban J connectivity index is 1.64. The van der Waals surface area contributed by atoms with E-state index < -0.39 is 17.7 Å². The van der Waals surface area contributed by atoms with Crippen LogP contribution in [-0.4, -0.2) is 12.0 Å². The van der Waals surface area contributed by atoms with Crippen molar-refractivity contribution in [1.29, 1.82) is 0 Å². The van der Waals surface area contributed by atoms with Gasteiger partial charge in [-0.1, -0.05) is 24.3 Å². The molecule has 1 N–H and O–H groups in total. The van der Waals surface area contributed by atoms with E-state index in [1.807, 2.05) is 18.2 Å². The number of amides is 1. The van der Waals surface area contributed by atoms with Crippen molar-refractivity contribution in [2.75, 3.05) is 0 Å². The SMILES string of the molecule is O=C(NCc1c(F)cccc1F)C1Cc2ccccc2O1. The molecule has 3 nitrogen and oxygen atoms in total. The van der Waals surface area contributed by atoms with Gasteiger partial charge in [-0.2, -0.15) is 0 Å². The molecule has 0 aromatic heterocycles. The third kappa shape index (κ3) is 2.72. The van der Waals surface area contributed by atoms with Crippen LogP contribution in [0.25, 0.3) is 0 Å². The van der Waals surface area contributed by atoms with E-state index in [2.05, 4.69) is 5.32 Å². The number of carbonyl (C=O) groups is 1. The van der Waals surface area contributed by atoms with Crippen LogP contribution in [0.5, 0.6) is 5.75 Å². The molecule has 108 valence electrons. The number of carbonyl (C=O) groups excluding carboxylic acids is 1. The summed E-state index contributed by atoms with van der Waals surface area (Å²) in [5.74, 6) is -1.06. The highest BCUT2D eigenvalue weighted by Gasteiger charge is 2.28. The molecule has 2 aromatic rings. The maximum atomic E-state index is 13.5. The minimum Gasteiger partial charge on any atom is -0.480 e. The summed E-state index contributed by atoms with van der Waals surface area (Å²) in [6, 6.07) is 11.0. The molecule has 1 atom stereocenters. The second kappa shape index (κ2) is 5.52. The smallest absolute Gasteiger partial charge is 0.261 e. The molecule has 1 amide bonds. The monoisotopic (exact) mass is 289 g/mol. The van der Waals surface area contributed by atoms with E-state index in [-0.39, 0.29) is 18.0 Å². The van der Waals surface area contributed by atoms with Crippen LogP contribution >= 0.6 is 0 Å². The minimum absolute atomic E-state index is 0.152. The number of hydrogen-bond donors (Lipinski definition) is 1. The first-order chi connectivity index (χ1) is 10.1. The van der Waals surface area contributed by atoms with Gasteiger partial charge in [0, 0.05) is 18.5 Å². The summed E-state index contributed by atoms with van der Waals surface area (Å²) in [7, 11) is 0. The summed E-state index contributed by atoms with van der Waals surface area (Å²) in [4.78, 5) is 12.0. The highest BCUT2D eigenvalue weighted by Crippen LogP contribution is 2.28. The zero-order valence-electron chi connectivity index (χ0n) is 11.1. The molecule has 1 unspecified atom stereocenters. The van der Waals surface area contributed by atoms with Crippen molar-refractivity contribution < 1.29 is 18.3 Å². The molecule has 1 heterocycles. The molecule has 0 aliphatic carbocycles. The number of rotatable bonds is 3. The average molecular weight is 289 g/mol. The Bertz CT molecular complexity index is 642. The predicted octanol–water partition coefficient (Wildman–Crippen LogP) is 2.58. The minimum atomic E-state index is -0.675. The van der Waals surface area contributed by atoms with Crippen LogP contribution in [0.2, 0.25) is 0 Å². The Kier molecular flexibility index (Phi) is 3.56.